The average molecular weight is 220 g/mol. The fourth-order valence-corrected chi connectivity index (χ4v) is 0.973. The van der Waals surface area contributed by atoms with E-state index in [1.54, 1.807) is 5.01 Å². The summed E-state index contributed by atoms with van der Waals surface area (Å²) in [7, 11) is 0. The normalized spacial score (nSPS) is 17.7. The molecular weight excluding hydrogens is 200 g/mol. The lowest BCUT2D eigenvalue weighted by atomic mass is 10.1. The Bertz CT molecular complexity index is 185. The maximum atomic E-state index is 9.36. The fraction of sp³-hybridized carbons (Fsp3) is 0.889. The number of aliphatic hydroxyl groups excluding tert-OH is 4. The lowest BCUT2D eigenvalue weighted by Gasteiger charge is -2.19. The van der Waals surface area contributed by atoms with Crippen molar-refractivity contribution >= 4 is 6.21 Å². The summed E-state index contributed by atoms with van der Waals surface area (Å²) >= 11 is 0. The third kappa shape index (κ3) is 5.08. The first-order valence-corrected chi connectivity index (χ1v) is 5.00. The first-order valence-electron chi connectivity index (χ1n) is 5.00. The van der Waals surface area contributed by atoms with Crippen LogP contribution in [0.25, 0.3) is 0 Å². The number of hydrogen-bond donors (Lipinski definition) is 4. The predicted octanol–water partition coefficient (Wildman–Crippen LogP) is -1.61. The van der Waals surface area contributed by atoms with Crippen molar-refractivity contribution in [2.45, 2.75) is 32.2 Å². The Hall–Kier alpha value is -0.690. The fourth-order valence-electron chi connectivity index (χ4n) is 0.973. The van der Waals surface area contributed by atoms with E-state index in [9.17, 15) is 10.2 Å². The smallest absolute Gasteiger partial charge is 0.119 e. The zero-order valence-corrected chi connectivity index (χ0v) is 9.11. The van der Waals surface area contributed by atoms with Crippen LogP contribution in [0.2, 0.25) is 0 Å². The highest BCUT2D eigenvalue weighted by molar-refractivity contribution is 5.63. The highest BCUT2D eigenvalue weighted by atomic mass is 16.4. The van der Waals surface area contributed by atoms with Gasteiger partial charge in [0, 0.05) is 13.1 Å². The largest absolute Gasteiger partial charge is 0.394 e. The summed E-state index contributed by atoms with van der Waals surface area (Å²) in [5, 5.41) is 41.8. The Morgan fingerprint density at radius 2 is 1.73 bits per heavy atom. The van der Waals surface area contributed by atoms with Gasteiger partial charge in [0.05, 0.1) is 12.8 Å². The molecule has 15 heavy (non-hydrogen) atoms. The Labute approximate surface area is 89.5 Å². The van der Waals surface area contributed by atoms with Crippen LogP contribution in [0.3, 0.4) is 0 Å². The van der Waals surface area contributed by atoms with Gasteiger partial charge >= 0.3 is 0 Å². The zero-order valence-electron chi connectivity index (χ0n) is 9.11. The molecule has 6 nitrogen and oxygen atoms in total. The standard InChI is InChI=1S/C9H20N2O4/c1-3-11(4-2)10-5-7(13)9(15)8(14)6-12/h5,7-9,12-15H,3-4,6H2,1-2H3/b10-5-/t7-,8-,9+/m0/s1. The van der Waals surface area contributed by atoms with Gasteiger partial charge in [-0.1, -0.05) is 0 Å². The third-order valence-electron chi connectivity index (χ3n) is 2.04. The maximum absolute atomic E-state index is 9.36. The second-order valence-electron chi connectivity index (χ2n) is 3.13. The number of rotatable bonds is 7. The number of aliphatic hydroxyl groups is 4. The SMILES string of the molecule is CCN(CC)/N=C\[C@H](O)[C@@H](O)[C@@H](O)CO. The van der Waals surface area contributed by atoms with Crippen molar-refractivity contribution in [3.8, 4) is 0 Å². The van der Waals surface area contributed by atoms with E-state index in [1.807, 2.05) is 13.8 Å². The number of nitrogens with zero attached hydrogens (tertiary/aromatic N) is 2. The van der Waals surface area contributed by atoms with Crippen LogP contribution in [0.1, 0.15) is 13.8 Å². The highest BCUT2D eigenvalue weighted by Crippen LogP contribution is 1.98. The van der Waals surface area contributed by atoms with E-state index in [1.165, 1.54) is 0 Å². The van der Waals surface area contributed by atoms with E-state index >= 15 is 0 Å². The molecule has 6 heteroatoms. The van der Waals surface area contributed by atoms with E-state index < -0.39 is 24.9 Å². The molecule has 0 radical (unpaired) electrons. The molecule has 0 saturated carbocycles. The molecule has 0 aromatic carbocycles. The molecule has 0 saturated heterocycles. The molecular formula is C9H20N2O4. The second-order valence-corrected chi connectivity index (χ2v) is 3.13. The van der Waals surface area contributed by atoms with E-state index in [0.717, 1.165) is 6.21 Å². The minimum Gasteiger partial charge on any atom is -0.394 e. The number of hydrogen-bond acceptors (Lipinski definition) is 6. The van der Waals surface area contributed by atoms with Crippen LogP contribution in [0.4, 0.5) is 0 Å². The van der Waals surface area contributed by atoms with Gasteiger partial charge in [0.15, 0.2) is 0 Å². The molecule has 0 heterocycles. The summed E-state index contributed by atoms with van der Waals surface area (Å²) in [5.41, 5.74) is 0. The van der Waals surface area contributed by atoms with Crippen molar-refractivity contribution in [1.82, 2.24) is 5.01 Å². The van der Waals surface area contributed by atoms with Gasteiger partial charge in [-0.2, -0.15) is 5.10 Å². The van der Waals surface area contributed by atoms with Crippen LogP contribution in [0, 0.1) is 0 Å². The van der Waals surface area contributed by atoms with Crippen molar-refractivity contribution in [2.24, 2.45) is 5.10 Å². The molecule has 0 spiro atoms. The third-order valence-corrected chi connectivity index (χ3v) is 2.04. The minimum atomic E-state index is -1.42. The molecule has 0 bridgehead atoms. The van der Waals surface area contributed by atoms with Crippen LogP contribution in [0.15, 0.2) is 5.10 Å². The first kappa shape index (κ1) is 14.3. The number of hydrazone groups is 1. The molecule has 0 aliphatic heterocycles. The molecule has 3 atom stereocenters. The zero-order chi connectivity index (χ0) is 11.8. The summed E-state index contributed by atoms with van der Waals surface area (Å²) < 4.78 is 0. The van der Waals surface area contributed by atoms with Crippen molar-refractivity contribution in [3.63, 3.8) is 0 Å². The Morgan fingerprint density at radius 3 is 2.13 bits per heavy atom. The van der Waals surface area contributed by atoms with Gasteiger partial charge in [0.25, 0.3) is 0 Å². The highest BCUT2D eigenvalue weighted by Gasteiger charge is 2.22. The minimum absolute atomic E-state index is 0.600. The van der Waals surface area contributed by atoms with Gasteiger partial charge in [0.2, 0.25) is 0 Å². The van der Waals surface area contributed by atoms with Gasteiger partial charge in [-0.3, -0.25) is 5.01 Å². The first-order chi connectivity index (χ1) is 7.06. The topological polar surface area (TPSA) is 96.5 Å². The predicted molar refractivity (Wildman–Crippen MR) is 56.5 cm³/mol. The van der Waals surface area contributed by atoms with Crippen LogP contribution in [-0.4, -0.2) is 69.7 Å². The molecule has 0 aromatic heterocycles. The quantitative estimate of drug-likeness (QED) is 0.306. The molecule has 0 amide bonds. The summed E-state index contributed by atoms with van der Waals surface area (Å²) in [6.45, 7) is 4.60. The lowest BCUT2D eigenvalue weighted by Crippen LogP contribution is -2.40. The molecule has 0 unspecified atom stereocenters. The monoisotopic (exact) mass is 220 g/mol. The van der Waals surface area contributed by atoms with Crippen molar-refractivity contribution in [3.05, 3.63) is 0 Å². The summed E-state index contributed by atoms with van der Waals surface area (Å²) in [6, 6.07) is 0. The van der Waals surface area contributed by atoms with E-state index in [4.69, 9.17) is 10.2 Å². The van der Waals surface area contributed by atoms with Crippen molar-refractivity contribution in [1.29, 1.82) is 0 Å². The Balaban J connectivity index is 4.15. The Morgan fingerprint density at radius 1 is 1.20 bits per heavy atom. The molecule has 0 rings (SSSR count). The Kier molecular flexibility index (Phi) is 7.23. The van der Waals surface area contributed by atoms with E-state index in [2.05, 4.69) is 5.10 Å². The van der Waals surface area contributed by atoms with Crippen LogP contribution < -0.4 is 0 Å². The lowest BCUT2D eigenvalue weighted by molar-refractivity contribution is -0.0544. The second kappa shape index (κ2) is 7.58. The van der Waals surface area contributed by atoms with E-state index in [0.29, 0.717) is 13.1 Å². The molecule has 90 valence electrons. The van der Waals surface area contributed by atoms with Crippen LogP contribution >= 0.6 is 0 Å². The van der Waals surface area contributed by atoms with Crippen LogP contribution in [-0.2, 0) is 0 Å². The van der Waals surface area contributed by atoms with E-state index in [-0.39, 0.29) is 0 Å². The van der Waals surface area contributed by atoms with Crippen molar-refractivity contribution < 1.29 is 20.4 Å². The molecule has 0 aliphatic rings. The van der Waals surface area contributed by atoms with Gasteiger partial charge in [-0.15, -0.1) is 0 Å². The maximum Gasteiger partial charge on any atom is 0.119 e. The van der Waals surface area contributed by atoms with Crippen molar-refractivity contribution in [2.75, 3.05) is 19.7 Å². The van der Waals surface area contributed by atoms with Gasteiger partial charge in [-0.25, -0.2) is 0 Å². The molecule has 4 N–H and O–H groups in total. The average Bonchev–Trinajstić information content (AvgIpc) is 2.27. The summed E-state index contributed by atoms with van der Waals surface area (Å²) in [5.74, 6) is 0. The molecule has 0 aromatic rings. The van der Waals surface area contributed by atoms with Gasteiger partial charge < -0.3 is 20.4 Å². The summed E-state index contributed by atoms with van der Waals surface area (Å²) in [6.07, 6.45) is -2.92. The summed E-state index contributed by atoms with van der Waals surface area (Å²) in [4.78, 5) is 0. The molecule has 0 aliphatic carbocycles. The van der Waals surface area contributed by atoms with Gasteiger partial charge in [0.1, 0.15) is 18.3 Å². The van der Waals surface area contributed by atoms with Crippen LogP contribution in [0.5, 0.6) is 0 Å². The molecule has 0 fully saturated rings. The van der Waals surface area contributed by atoms with Gasteiger partial charge in [-0.05, 0) is 13.8 Å².